The van der Waals surface area contributed by atoms with Gasteiger partial charge in [0, 0.05) is 22.3 Å². The summed E-state index contributed by atoms with van der Waals surface area (Å²) in [7, 11) is 0. The fourth-order valence-electron chi connectivity index (χ4n) is 1.78. The first-order valence-electron chi connectivity index (χ1n) is 5.83. The maximum Gasteiger partial charge on any atom is 0.194 e. The van der Waals surface area contributed by atoms with Crippen LogP contribution in [-0.2, 0) is 9.59 Å². The highest BCUT2D eigenvalue weighted by Gasteiger charge is 2.28. The molecule has 0 aromatic carbocycles. The van der Waals surface area contributed by atoms with Gasteiger partial charge < -0.3 is 0 Å². The van der Waals surface area contributed by atoms with Crippen molar-refractivity contribution in [2.75, 3.05) is 0 Å². The Kier molecular flexibility index (Phi) is 4.95. The third-order valence-corrected chi connectivity index (χ3v) is 2.77. The second kappa shape index (κ2) is 6.45. The first-order chi connectivity index (χ1) is 9.08. The van der Waals surface area contributed by atoms with Crippen LogP contribution >= 0.6 is 0 Å². The molecule has 1 rings (SSSR count). The van der Waals surface area contributed by atoms with Gasteiger partial charge in [0.1, 0.15) is 0 Å². The van der Waals surface area contributed by atoms with Gasteiger partial charge >= 0.3 is 0 Å². The minimum absolute atomic E-state index is 0.170. The van der Waals surface area contributed by atoms with E-state index in [2.05, 4.69) is 19.7 Å². The molecule has 1 aliphatic carbocycles. The van der Waals surface area contributed by atoms with Gasteiger partial charge in [-0.15, -0.1) is 0 Å². The first-order valence-corrected chi connectivity index (χ1v) is 5.83. The lowest BCUT2D eigenvalue weighted by Crippen LogP contribution is -2.20. The van der Waals surface area contributed by atoms with Crippen LogP contribution in [0.1, 0.15) is 6.92 Å². The summed E-state index contributed by atoms with van der Waals surface area (Å²) in [4.78, 5) is 24.6. The fraction of sp³-hybridized carbons (Fsp3) is 0.0588. The van der Waals surface area contributed by atoms with Crippen LogP contribution in [0.2, 0.25) is 0 Å². The van der Waals surface area contributed by atoms with Crippen LogP contribution in [0.4, 0.5) is 0 Å². The summed E-state index contributed by atoms with van der Waals surface area (Å²) < 4.78 is 0. The molecule has 0 unspecified atom stereocenters. The Balaban J connectivity index is 3.42. The van der Waals surface area contributed by atoms with Crippen LogP contribution in [0.25, 0.3) is 0 Å². The third kappa shape index (κ3) is 2.86. The van der Waals surface area contributed by atoms with E-state index in [-0.39, 0.29) is 11.6 Å². The molecule has 2 heteroatoms. The van der Waals surface area contributed by atoms with Crippen molar-refractivity contribution in [3.8, 4) is 0 Å². The second-order valence-electron chi connectivity index (χ2n) is 3.92. The van der Waals surface area contributed by atoms with Crippen LogP contribution in [0.5, 0.6) is 0 Å². The Labute approximate surface area is 113 Å². The lowest BCUT2D eigenvalue weighted by Gasteiger charge is -2.17. The Morgan fingerprint density at radius 3 is 1.79 bits per heavy atom. The highest BCUT2D eigenvalue weighted by Crippen LogP contribution is 2.27. The van der Waals surface area contributed by atoms with Crippen molar-refractivity contribution in [2.45, 2.75) is 6.92 Å². The summed E-state index contributed by atoms with van der Waals surface area (Å²) in [6.07, 6.45) is 11.0. The average Bonchev–Trinajstić information content (AvgIpc) is 2.41. The van der Waals surface area contributed by atoms with E-state index in [1.165, 1.54) is 6.08 Å². The molecule has 0 amide bonds. The summed E-state index contributed by atoms with van der Waals surface area (Å²) >= 11 is 0. The first kappa shape index (κ1) is 14.6. The number of allylic oxidation sites excluding steroid dienone is 11. The van der Waals surface area contributed by atoms with Crippen molar-refractivity contribution >= 4 is 11.6 Å². The molecule has 0 bridgehead atoms. The average molecular weight is 252 g/mol. The molecule has 0 aromatic rings. The molecule has 0 aromatic heterocycles. The van der Waals surface area contributed by atoms with Gasteiger partial charge in [-0.2, -0.15) is 0 Å². The highest BCUT2D eigenvalue weighted by atomic mass is 16.1. The summed E-state index contributed by atoms with van der Waals surface area (Å²) in [5.74, 6) is -0.370. The van der Waals surface area contributed by atoms with Crippen molar-refractivity contribution < 1.29 is 9.59 Å². The molecule has 0 radical (unpaired) electrons. The molecular weight excluding hydrogens is 236 g/mol. The van der Waals surface area contributed by atoms with Crippen LogP contribution in [0, 0.1) is 0 Å². The Hall–Kier alpha value is -2.48. The Morgan fingerprint density at radius 2 is 1.32 bits per heavy atom. The van der Waals surface area contributed by atoms with Gasteiger partial charge in [0.05, 0.1) is 0 Å². The number of ketones is 2. The molecule has 1 aliphatic rings. The number of rotatable bonds is 5. The van der Waals surface area contributed by atoms with Crippen LogP contribution in [0.3, 0.4) is 0 Å². The van der Waals surface area contributed by atoms with E-state index in [4.69, 9.17) is 0 Å². The van der Waals surface area contributed by atoms with Crippen molar-refractivity contribution in [3.63, 3.8) is 0 Å². The standard InChI is InChI=1S/C17H16O2/c1-5-8-10-14-12(4)16(18)15(11-9-6-2)13(7-3)17(14)19/h5-11H,1-3H2,4H3/b10-8-,11-9-. The largest absolute Gasteiger partial charge is 0.289 e. The topological polar surface area (TPSA) is 34.1 Å². The molecule has 19 heavy (non-hydrogen) atoms. The van der Waals surface area contributed by atoms with Crippen LogP contribution in [-0.4, -0.2) is 11.6 Å². The van der Waals surface area contributed by atoms with E-state index in [1.807, 2.05) is 0 Å². The minimum Gasteiger partial charge on any atom is -0.289 e. The van der Waals surface area contributed by atoms with Gasteiger partial charge in [0.15, 0.2) is 11.6 Å². The van der Waals surface area contributed by atoms with E-state index < -0.39 is 0 Å². The molecule has 0 aliphatic heterocycles. The number of Topliss-reactive ketones (excluding diaryl/α,β-unsaturated/α-hetero) is 2. The van der Waals surface area contributed by atoms with Crippen molar-refractivity contribution in [1.29, 1.82) is 0 Å². The molecule has 0 saturated carbocycles. The van der Waals surface area contributed by atoms with Crippen molar-refractivity contribution in [2.24, 2.45) is 0 Å². The summed E-state index contributed by atoms with van der Waals surface area (Å²) in [6, 6.07) is 0. The summed E-state index contributed by atoms with van der Waals surface area (Å²) in [5, 5.41) is 0. The second-order valence-corrected chi connectivity index (χ2v) is 3.92. The predicted molar refractivity (Wildman–Crippen MR) is 78.6 cm³/mol. The van der Waals surface area contributed by atoms with Crippen LogP contribution < -0.4 is 0 Å². The van der Waals surface area contributed by atoms with Gasteiger partial charge in [0.25, 0.3) is 0 Å². The van der Waals surface area contributed by atoms with Gasteiger partial charge in [-0.05, 0) is 6.92 Å². The van der Waals surface area contributed by atoms with Crippen LogP contribution in [0.15, 0.2) is 84.6 Å². The number of carbonyl (C=O) groups is 2. The zero-order valence-electron chi connectivity index (χ0n) is 11.0. The number of hydrogen-bond acceptors (Lipinski definition) is 2. The van der Waals surface area contributed by atoms with Gasteiger partial charge in [-0.1, -0.05) is 62.3 Å². The third-order valence-electron chi connectivity index (χ3n) is 2.77. The monoisotopic (exact) mass is 252 g/mol. The lowest BCUT2D eigenvalue weighted by atomic mass is 9.84. The van der Waals surface area contributed by atoms with E-state index in [0.717, 1.165) is 0 Å². The van der Waals surface area contributed by atoms with Crippen molar-refractivity contribution in [3.05, 3.63) is 84.6 Å². The van der Waals surface area contributed by atoms with E-state index in [0.29, 0.717) is 22.3 Å². The van der Waals surface area contributed by atoms with Gasteiger partial charge in [-0.25, -0.2) is 0 Å². The molecule has 2 nitrogen and oxygen atoms in total. The normalized spacial score (nSPS) is 16.7. The molecule has 0 fully saturated rings. The SMILES string of the molecule is C=C/C=C\C1=C(C)C(=O)C(/C=C\C=C)=C(C=C)C1=O. The smallest absolute Gasteiger partial charge is 0.194 e. The quantitative estimate of drug-likeness (QED) is 0.555. The maximum absolute atomic E-state index is 12.3. The lowest BCUT2D eigenvalue weighted by molar-refractivity contribution is -0.115. The van der Waals surface area contributed by atoms with E-state index >= 15 is 0 Å². The molecule has 0 heterocycles. The van der Waals surface area contributed by atoms with Gasteiger partial charge in [-0.3, -0.25) is 9.59 Å². The van der Waals surface area contributed by atoms with Crippen molar-refractivity contribution in [1.82, 2.24) is 0 Å². The molecule has 0 saturated heterocycles. The Morgan fingerprint density at radius 1 is 0.789 bits per heavy atom. The number of carbonyl (C=O) groups excluding carboxylic acids is 2. The molecule has 96 valence electrons. The molecular formula is C17H16O2. The maximum atomic E-state index is 12.3. The zero-order valence-corrected chi connectivity index (χ0v) is 11.0. The van der Waals surface area contributed by atoms with E-state index in [1.54, 1.807) is 43.4 Å². The summed E-state index contributed by atoms with van der Waals surface area (Å²) in [5.41, 5.74) is 1.48. The summed E-state index contributed by atoms with van der Waals surface area (Å²) in [6.45, 7) is 12.4. The number of hydrogen-bond donors (Lipinski definition) is 0. The Bertz CT molecular complexity index is 578. The minimum atomic E-state index is -0.200. The zero-order chi connectivity index (χ0) is 14.4. The predicted octanol–water partition coefficient (Wildman–Crippen LogP) is 3.42. The molecule has 0 N–H and O–H groups in total. The molecule has 0 spiro atoms. The van der Waals surface area contributed by atoms with Gasteiger partial charge in [0.2, 0.25) is 0 Å². The van der Waals surface area contributed by atoms with E-state index in [9.17, 15) is 9.59 Å². The molecule has 0 atom stereocenters. The highest BCUT2D eigenvalue weighted by molar-refractivity contribution is 6.28. The fourth-order valence-corrected chi connectivity index (χ4v) is 1.78.